The Labute approximate surface area is 251 Å². The molecule has 0 unspecified atom stereocenters. The SMILES string of the molecule is NC1=NC(Nc2cccc(Br)c2)(Nc2cccc(Br)c2)c2cc(-c3ccccc3CN3CCOCC3)ccc2N1. The van der Waals surface area contributed by atoms with E-state index in [1.807, 2.05) is 48.5 Å². The molecule has 204 valence electrons. The van der Waals surface area contributed by atoms with Gasteiger partial charge in [0.05, 0.1) is 18.9 Å². The van der Waals surface area contributed by atoms with E-state index in [4.69, 9.17) is 15.5 Å². The molecule has 4 aromatic carbocycles. The minimum absolute atomic E-state index is 0.318. The van der Waals surface area contributed by atoms with Gasteiger partial charge in [-0.15, -0.1) is 0 Å². The Hall–Kier alpha value is -3.37. The average Bonchev–Trinajstić information content (AvgIpc) is 2.94. The number of guanidine groups is 1. The number of fused-ring (bicyclic) bond motifs is 1. The van der Waals surface area contributed by atoms with Crippen molar-refractivity contribution in [3.05, 3.63) is 111 Å². The van der Waals surface area contributed by atoms with Crippen molar-refractivity contribution >= 4 is 54.9 Å². The monoisotopic (exact) mass is 660 g/mol. The van der Waals surface area contributed by atoms with Crippen molar-refractivity contribution in [2.24, 2.45) is 10.7 Å². The quantitative estimate of drug-likeness (QED) is 0.163. The Kier molecular flexibility index (Phi) is 7.80. The predicted octanol–water partition coefficient (Wildman–Crippen LogP) is 6.79. The second-order valence-corrected chi connectivity index (χ2v) is 11.7. The Bertz CT molecular complexity index is 1510. The highest BCUT2D eigenvalue weighted by molar-refractivity contribution is 9.10. The zero-order valence-corrected chi connectivity index (χ0v) is 25.0. The van der Waals surface area contributed by atoms with Crippen LogP contribution in [0, 0.1) is 0 Å². The third kappa shape index (κ3) is 5.88. The van der Waals surface area contributed by atoms with Crippen LogP contribution in [-0.2, 0) is 17.1 Å². The summed E-state index contributed by atoms with van der Waals surface area (Å²) in [6.07, 6.45) is 0. The highest BCUT2D eigenvalue weighted by atomic mass is 79.9. The summed E-state index contributed by atoms with van der Waals surface area (Å²) in [7, 11) is 0. The van der Waals surface area contributed by atoms with Gasteiger partial charge in [-0.2, -0.15) is 4.99 Å². The molecule has 7 nitrogen and oxygen atoms in total. The molecule has 2 aliphatic rings. The summed E-state index contributed by atoms with van der Waals surface area (Å²) in [5, 5.41) is 10.6. The predicted molar refractivity (Wildman–Crippen MR) is 170 cm³/mol. The molecule has 1 saturated heterocycles. The van der Waals surface area contributed by atoms with Gasteiger partial charge in [0, 0.05) is 45.5 Å². The lowest BCUT2D eigenvalue weighted by Gasteiger charge is -2.38. The van der Waals surface area contributed by atoms with E-state index in [0.29, 0.717) is 5.96 Å². The van der Waals surface area contributed by atoms with E-state index in [1.165, 1.54) is 11.1 Å². The van der Waals surface area contributed by atoms with Gasteiger partial charge in [-0.3, -0.25) is 4.90 Å². The molecule has 2 aliphatic heterocycles. The molecule has 4 aromatic rings. The summed E-state index contributed by atoms with van der Waals surface area (Å²) < 4.78 is 7.50. The topological polar surface area (TPSA) is 86.9 Å². The number of anilines is 3. The van der Waals surface area contributed by atoms with Gasteiger partial charge in [0.25, 0.3) is 0 Å². The summed E-state index contributed by atoms with van der Waals surface area (Å²) in [5.41, 5.74) is 13.6. The Morgan fingerprint density at radius 1 is 0.850 bits per heavy atom. The van der Waals surface area contributed by atoms with Crippen LogP contribution in [0.3, 0.4) is 0 Å². The summed E-state index contributed by atoms with van der Waals surface area (Å²) >= 11 is 7.21. The van der Waals surface area contributed by atoms with Crippen LogP contribution in [0.5, 0.6) is 0 Å². The molecule has 0 radical (unpaired) electrons. The summed E-state index contributed by atoms with van der Waals surface area (Å²) in [4.78, 5) is 7.41. The molecule has 0 bridgehead atoms. The van der Waals surface area contributed by atoms with Crippen LogP contribution in [0.2, 0.25) is 0 Å². The zero-order valence-electron chi connectivity index (χ0n) is 21.8. The molecule has 9 heteroatoms. The number of halogens is 2. The van der Waals surface area contributed by atoms with Gasteiger partial charge in [-0.1, -0.05) is 74.3 Å². The number of aliphatic imine (C=N–C) groups is 1. The van der Waals surface area contributed by atoms with Crippen LogP contribution in [0.4, 0.5) is 17.1 Å². The number of morpholine rings is 1. The van der Waals surface area contributed by atoms with E-state index in [-0.39, 0.29) is 0 Å². The maximum Gasteiger partial charge on any atom is 0.238 e. The van der Waals surface area contributed by atoms with Crippen molar-refractivity contribution in [3.63, 3.8) is 0 Å². The number of rotatable bonds is 7. The van der Waals surface area contributed by atoms with Crippen LogP contribution in [0.1, 0.15) is 11.1 Å². The molecule has 0 amide bonds. The lowest BCUT2D eigenvalue weighted by atomic mass is 9.93. The molecule has 0 aromatic heterocycles. The van der Waals surface area contributed by atoms with Crippen molar-refractivity contribution in [2.75, 3.05) is 42.3 Å². The normalized spacial score (nSPS) is 16.4. The maximum absolute atomic E-state index is 6.39. The number of benzene rings is 4. The number of nitrogens with zero attached hydrogens (tertiary/aromatic N) is 2. The molecule has 0 spiro atoms. The Morgan fingerprint density at radius 3 is 2.20 bits per heavy atom. The highest BCUT2D eigenvalue weighted by Gasteiger charge is 2.38. The fourth-order valence-electron chi connectivity index (χ4n) is 5.24. The van der Waals surface area contributed by atoms with E-state index in [0.717, 1.165) is 70.0 Å². The number of hydrogen-bond donors (Lipinski definition) is 4. The lowest BCUT2D eigenvalue weighted by Crippen LogP contribution is -2.47. The van der Waals surface area contributed by atoms with E-state index in [9.17, 15) is 0 Å². The fraction of sp³-hybridized carbons (Fsp3) is 0.194. The van der Waals surface area contributed by atoms with Crippen molar-refractivity contribution in [1.82, 2.24) is 4.90 Å². The molecule has 2 heterocycles. The van der Waals surface area contributed by atoms with Gasteiger partial charge in [0.15, 0.2) is 5.96 Å². The van der Waals surface area contributed by atoms with E-state index in [2.05, 4.69) is 95.2 Å². The average molecular weight is 662 g/mol. The van der Waals surface area contributed by atoms with Crippen molar-refractivity contribution in [3.8, 4) is 11.1 Å². The standard InChI is InChI=1S/C31H30Br2N6O/c32-23-6-3-8-25(18-23)36-31(37-26-9-4-7-24(33)19-26)28-17-21(11-12-29(28)35-30(34)38-31)27-10-2-1-5-22(27)20-39-13-15-40-16-14-39/h1-12,17-19,36-37H,13-16,20H2,(H3,34,35,38). The molecule has 0 aliphatic carbocycles. The van der Waals surface area contributed by atoms with Crippen LogP contribution >= 0.6 is 31.9 Å². The third-order valence-corrected chi connectivity index (χ3v) is 8.07. The molecule has 5 N–H and O–H groups in total. The number of hydrogen-bond acceptors (Lipinski definition) is 7. The van der Waals surface area contributed by atoms with E-state index < -0.39 is 5.79 Å². The molecule has 6 rings (SSSR count). The second kappa shape index (κ2) is 11.6. The summed E-state index contributed by atoms with van der Waals surface area (Å²) in [6.45, 7) is 4.30. The second-order valence-electron chi connectivity index (χ2n) is 9.91. The summed E-state index contributed by atoms with van der Waals surface area (Å²) in [5.74, 6) is -0.764. The van der Waals surface area contributed by atoms with Gasteiger partial charge in [0.2, 0.25) is 5.79 Å². The summed E-state index contributed by atoms with van der Waals surface area (Å²) in [6, 6.07) is 31.1. The largest absolute Gasteiger partial charge is 0.379 e. The number of ether oxygens (including phenoxy) is 1. The van der Waals surface area contributed by atoms with Crippen LogP contribution < -0.4 is 21.7 Å². The smallest absolute Gasteiger partial charge is 0.238 e. The third-order valence-electron chi connectivity index (χ3n) is 7.09. The maximum atomic E-state index is 6.39. The first-order chi connectivity index (χ1) is 19.5. The molecule has 0 saturated carbocycles. The molecule has 40 heavy (non-hydrogen) atoms. The van der Waals surface area contributed by atoms with Crippen LogP contribution in [-0.4, -0.2) is 37.2 Å². The van der Waals surface area contributed by atoms with Gasteiger partial charge < -0.3 is 26.4 Å². The zero-order chi connectivity index (χ0) is 27.5. The van der Waals surface area contributed by atoms with E-state index >= 15 is 0 Å². The van der Waals surface area contributed by atoms with Crippen molar-refractivity contribution < 1.29 is 4.74 Å². The van der Waals surface area contributed by atoms with Crippen molar-refractivity contribution in [2.45, 2.75) is 12.3 Å². The molecule has 1 fully saturated rings. The molecular weight excluding hydrogens is 632 g/mol. The first-order valence-corrected chi connectivity index (χ1v) is 14.8. The lowest BCUT2D eigenvalue weighted by molar-refractivity contribution is 0.0342. The fourth-order valence-corrected chi connectivity index (χ4v) is 6.04. The van der Waals surface area contributed by atoms with E-state index in [1.54, 1.807) is 0 Å². The molecule has 0 atom stereocenters. The van der Waals surface area contributed by atoms with Gasteiger partial charge >= 0.3 is 0 Å². The van der Waals surface area contributed by atoms with Crippen LogP contribution in [0.15, 0.2) is 105 Å². The number of nitrogens with one attached hydrogen (secondary N) is 3. The molecular formula is C31H30Br2N6O. The van der Waals surface area contributed by atoms with Gasteiger partial charge in [-0.25, -0.2) is 0 Å². The first-order valence-electron chi connectivity index (χ1n) is 13.2. The highest BCUT2D eigenvalue weighted by Crippen LogP contribution is 2.40. The first kappa shape index (κ1) is 26.8. The minimum atomic E-state index is -1.08. The Balaban J connectivity index is 1.46. The Morgan fingerprint density at radius 2 is 1.52 bits per heavy atom. The minimum Gasteiger partial charge on any atom is -0.379 e. The van der Waals surface area contributed by atoms with Crippen molar-refractivity contribution in [1.29, 1.82) is 0 Å². The van der Waals surface area contributed by atoms with Gasteiger partial charge in [-0.05, 0) is 65.2 Å². The van der Waals surface area contributed by atoms with Crippen LogP contribution in [0.25, 0.3) is 11.1 Å². The number of nitrogens with two attached hydrogens (primary N) is 1. The van der Waals surface area contributed by atoms with Gasteiger partial charge in [0.1, 0.15) is 0 Å².